The number of thioether (sulfide) groups is 1. The number of hydrogen-bond donors (Lipinski definition) is 2. The Hall–Kier alpha value is -4.32. The highest BCUT2D eigenvalue weighted by Gasteiger charge is 2.26. The molecule has 0 bridgehead atoms. The molecule has 0 unspecified atom stereocenters. The van der Waals surface area contributed by atoms with Gasteiger partial charge in [0, 0.05) is 24.4 Å². The smallest absolute Gasteiger partial charge is 0.259 e. The maximum atomic E-state index is 12.4. The van der Waals surface area contributed by atoms with E-state index in [9.17, 15) is 14.4 Å². The van der Waals surface area contributed by atoms with Crippen LogP contribution in [0.3, 0.4) is 0 Å². The Labute approximate surface area is 203 Å². The summed E-state index contributed by atoms with van der Waals surface area (Å²) >= 11 is 1.41. The molecule has 3 heterocycles. The lowest BCUT2D eigenvalue weighted by molar-refractivity contribution is -0.115. The predicted molar refractivity (Wildman–Crippen MR) is 129 cm³/mol. The number of nitrogens with zero attached hydrogens (tertiary/aromatic N) is 6. The molecule has 0 atom stereocenters. The van der Waals surface area contributed by atoms with Crippen LogP contribution in [0.4, 0.5) is 5.69 Å². The summed E-state index contributed by atoms with van der Waals surface area (Å²) < 4.78 is 3.70. The number of aromatic nitrogens is 6. The maximum absolute atomic E-state index is 12.4. The number of para-hydroxylation sites is 1. The van der Waals surface area contributed by atoms with Crippen molar-refractivity contribution >= 4 is 46.2 Å². The largest absolute Gasteiger partial charge is 0.326 e. The highest BCUT2D eigenvalue weighted by Crippen LogP contribution is 2.22. The Morgan fingerprint density at radius 3 is 2.77 bits per heavy atom. The van der Waals surface area contributed by atoms with Gasteiger partial charge in [-0.3, -0.25) is 19.7 Å². The highest BCUT2D eigenvalue weighted by molar-refractivity contribution is 7.99. The predicted octanol–water partition coefficient (Wildman–Crippen LogP) is 2.26. The van der Waals surface area contributed by atoms with Crippen LogP contribution in [-0.2, 0) is 17.9 Å². The van der Waals surface area contributed by atoms with Gasteiger partial charge in [-0.05, 0) is 30.3 Å². The van der Waals surface area contributed by atoms with Crippen LogP contribution in [0.1, 0.15) is 33.0 Å². The van der Waals surface area contributed by atoms with Gasteiger partial charge in [0.1, 0.15) is 12.1 Å². The zero-order chi connectivity index (χ0) is 24.4. The molecule has 11 nitrogen and oxygen atoms in total. The van der Waals surface area contributed by atoms with Gasteiger partial charge in [0.2, 0.25) is 5.91 Å². The first kappa shape index (κ1) is 22.5. The Bertz CT molecular complexity index is 1470. The molecule has 0 saturated heterocycles. The molecule has 0 saturated carbocycles. The van der Waals surface area contributed by atoms with Crippen LogP contribution >= 0.6 is 11.8 Å². The summed E-state index contributed by atoms with van der Waals surface area (Å²) in [5.74, 6) is 0.0639. The standard InChI is InChI=1S/C23H20N8O3S/c1-2-10-30-19(13-31-18-6-4-3-5-17(18)26-29-31)27-28-23(30)35-11-9-20(32)24-14-7-8-15-16(12-14)22(34)25-21(15)33/h2-8,12H,1,9-11,13H2,(H,24,32)(H,25,33,34). The third-order valence-corrected chi connectivity index (χ3v) is 6.36. The third-order valence-electron chi connectivity index (χ3n) is 5.40. The number of carbonyl (C=O) groups is 3. The van der Waals surface area contributed by atoms with Crippen molar-refractivity contribution < 1.29 is 14.4 Å². The van der Waals surface area contributed by atoms with Gasteiger partial charge < -0.3 is 9.88 Å². The van der Waals surface area contributed by atoms with E-state index in [1.165, 1.54) is 23.9 Å². The van der Waals surface area contributed by atoms with E-state index >= 15 is 0 Å². The van der Waals surface area contributed by atoms with E-state index in [1.54, 1.807) is 16.8 Å². The van der Waals surface area contributed by atoms with Crippen molar-refractivity contribution in [3.63, 3.8) is 0 Å². The second-order valence-electron chi connectivity index (χ2n) is 7.72. The van der Waals surface area contributed by atoms with E-state index in [1.807, 2.05) is 28.8 Å². The first-order valence-corrected chi connectivity index (χ1v) is 11.8. The summed E-state index contributed by atoms with van der Waals surface area (Å²) in [4.78, 5) is 35.9. The van der Waals surface area contributed by atoms with E-state index in [0.29, 0.717) is 41.1 Å². The summed E-state index contributed by atoms with van der Waals surface area (Å²) in [7, 11) is 0. The molecule has 35 heavy (non-hydrogen) atoms. The SMILES string of the molecule is C=CCn1c(Cn2nnc3ccccc32)nnc1SCCC(=O)Nc1ccc2c(c1)C(=O)NC2=O. The van der Waals surface area contributed by atoms with Gasteiger partial charge >= 0.3 is 0 Å². The molecule has 3 amide bonds. The monoisotopic (exact) mass is 488 g/mol. The van der Waals surface area contributed by atoms with Gasteiger partial charge in [0.05, 0.1) is 16.6 Å². The number of hydrogen-bond acceptors (Lipinski definition) is 8. The van der Waals surface area contributed by atoms with Gasteiger partial charge in [-0.15, -0.1) is 21.9 Å². The van der Waals surface area contributed by atoms with Crippen molar-refractivity contribution in [1.82, 2.24) is 35.1 Å². The fourth-order valence-electron chi connectivity index (χ4n) is 3.73. The average molecular weight is 489 g/mol. The topological polar surface area (TPSA) is 137 Å². The third kappa shape index (κ3) is 4.55. The van der Waals surface area contributed by atoms with Crippen molar-refractivity contribution in [3.8, 4) is 0 Å². The number of benzene rings is 2. The minimum atomic E-state index is -0.465. The van der Waals surface area contributed by atoms with Gasteiger partial charge in [0.15, 0.2) is 11.0 Å². The Morgan fingerprint density at radius 1 is 1.09 bits per heavy atom. The number of amides is 3. The molecular formula is C23H20N8O3S. The average Bonchev–Trinajstić information content (AvgIpc) is 3.51. The Kier molecular flexibility index (Phi) is 6.10. The number of nitrogens with one attached hydrogen (secondary N) is 2. The molecule has 1 aliphatic rings. The van der Waals surface area contributed by atoms with Crippen molar-refractivity contribution in [2.75, 3.05) is 11.1 Å². The summed E-state index contributed by atoms with van der Waals surface area (Å²) in [6.45, 7) is 4.73. The lowest BCUT2D eigenvalue weighted by Crippen LogP contribution is -2.19. The second kappa shape index (κ2) is 9.50. The fourth-order valence-corrected chi connectivity index (χ4v) is 4.63. The van der Waals surface area contributed by atoms with Crippen molar-refractivity contribution in [2.24, 2.45) is 0 Å². The van der Waals surface area contributed by atoms with Crippen LogP contribution < -0.4 is 10.6 Å². The molecule has 0 aliphatic carbocycles. The van der Waals surface area contributed by atoms with Crippen LogP contribution in [0.15, 0.2) is 60.3 Å². The van der Waals surface area contributed by atoms with Gasteiger partial charge in [-0.25, -0.2) is 4.68 Å². The highest BCUT2D eigenvalue weighted by atomic mass is 32.2. The molecule has 176 valence electrons. The lowest BCUT2D eigenvalue weighted by Gasteiger charge is -2.09. The summed E-state index contributed by atoms with van der Waals surface area (Å²) in [5, 5.41) is 22.7. The number of carbonyl (C=O) groups excluding carboxylic acids is 3. The fraction of sp³-hybridized carbons (Fsp3) is 0.174. The number of fused-ring (bicyclic) bond motifs is 2. The quantitative estimate of drug-likeness (QED) is 0.208. The molecule has 0 radical (unpaired) electrons. The van der Waals surface area contributed by atoms with Gasteiger partial charge in [-0.2, -0.15) is 0 Å². The molecular weight excluding hydrogens is 468 g/mol. The lowest BCUT2D eigenvalue weighted by atomic mass is 10.1. The van der Waals surface area contributed by atoms with Crippen LogP contribution in [0.2, 0.25) is 0 Å². The van der Waals surface area contributed by atoms with E-state index in [2.05, 4.69) is 37.7 Å². The molecule has 12 heteroatoms. The number of anilines is 1. The number of imide groups is 1. The minimum Gasteiger partial charge on any atom is -0.326 e. The molecule has 2 aromatic carbocycles. The molecule has 1 aliphatic heterocycles. The summed E-state index contributed by atoms with van der Waals surface area (Å²) in [6.07, 6.45) is 1.98. The first-order chi connectivity index (χ1) is 17.0. The van der Waals surface area contributed by atoms with Crippen molar-refractivity contribution in [3.05, 3.63) is 72.1 Å². The van der Waals surface area contributed by atoms with Crippen LogP contribution in [0.5, 0.6) is 0 Å². The number of rotatable bonds is 9. The maximum Gasteiger partial charge on any atom is 0.259 e. The summed E-state index contributed by atoms with van der Waals surface area (Å²) in [6, 6.07) is 12.3. The van der Waals surface area contributed by atoms with Crippen LogP contribution in [0.25, 0.3) is 11.0 Å². The number of allylic oxidation sites excluding steroid dienone is 1. The van der Waals surface area contributed by atoms with E-state index < -0.39 is 11.8 Å². The van der Waals surface area contributed by atoms with E-state index in [0.717, 1.165) is 11.0 Å². The van der Waals surface area contributed by atoms with Crippen LogP contribution in [-0.4, -0.2) is 53.2 Å². The van der Waals surface area contributed by atoms with Gasteiger partial charge in [0.25, 0.3) is 11.8 Å². The second-order valence-corrected chi connectivity index (χ2v) is 8.79. The van der Waals surface area contributed by atoms with Crippen molar-refractivity contribution in [2.45, 2.75) is 24.7 Å². The van der Waals surface area contributed by atoms with E-state index in [4.69, 9.17) is 0 Å². The molecule has 0 fully saturated rings. The Balaban J connectivity index is 1.21. The summed E-state index contributed by atoms with van der Waals surface area (Å²) in [5.41, 5.74) is 2.73. The van der Waals surface area contributed by atoms with Gasteiger partial charge in [-0.1, -0.05) is 35.2 Å². The minimum absolute atomic E-state index is 0.216. The molecule has 2 aromatic heterocycles. The molecule has 4 aromatic rings. The van der Waals surface area contributed by atoms with E-state index in [-0.39, 0.29) is 17.9 Å². The first-order valence-electron chi connectivity index (χ1n) is 10.8. The normalized spacial score (nSPS) is 12.6. The molecule has 0 spiro atoms. The van der Waals surface area contributed by atoms with Crippen LogP contribution in [0, 0.1) is 0 Å². The molecule has 2 N–H and O–H groups in total. The zero-order valence-electron chi connectivity index (χ0n) is 18.5. The Morgan fingerprint density at radius 2 is 1.91 bits per heavy atom. The van der Waals surface area contributed by atoms with Crippen molar-refractivity contribution in [1.29, 1.82) is 0 Å². The zero-order valence-corrected chi connectivity index (χ0v) is 19.3. The molecule has 5 rings (SSSR count).